The lowest BCUT2D eigenvalue weighted by atomic mass is 10.1. The predicted molar refractivity (Wildman–Crippen MR) is 60.2 cm³/mol. The van der Waals surface area contributed by atoms with Gasteiger partial charge in [0.2, 0.25) is 5.91 Å². The number of carbonyl (C=O) groups excluding carboxylic acids is 1. The van der Waals surface area contributed by atoms with E-state index in [-0.39, 0.29) is 12.3 Å². The zero-order chi connectivity index (χ0) is 12.6. The zero-order valence-corrected chi connectivity index (χ0v) is 9.42. The van der Waals surface area contributed by atoms with Gasteiger partial charge in [-0.25, -0.2) is 5.43 Å². The summed E-state index contributed by atoms with van der Waals surface area (Å²) in [5, 5.41) is 39.2. The van der Waals surface area contributed by atoms with E-state index in [2.05, 4.69) is 23.2 Å². The first-order chi connectivity index (χ1) is 7.52. The quantitative estimate of drug-likeness (QED) is 0.170. The SMILES string of the molecule is O=C(CCS)NN=C[C@H](O)[C@@H](O)[C@H](O)CO. The van der Waals surface area contributed by atoms with Gasteiger partial charge in [-0.15, -0.1) is 0 Å². The van der Waals surface area contributed by atoms with E-state index in [1.807, 2.05) is 0 Å². The molecule has 0 aliphatic rings. The molecule has 5 N–H and O–H groups in total. The summed E-state index contributed by atoms with van der Waals surface area (Å²) in [5.41, 5.74) is 2.09. The van der Waals surface area contributed by atoms with Crippen LogP contribution in [0.25, 0.3) is 0 Å². The Bertz CT molecular complexity index is 238. The van der Waals surface area contributed by atoms with Crippen LogP contribution in [0.3, 0.4) is 0 Å². The van der Waals surface area contributed by atoms with Crippen molar-refractivity contribution in [3.8, 4) is 0 Å². The molecule has 0 bridgehead atoms. The molecule has 94 valence electrons. The average molecular weight is 252 g/mol. The van der Waals surface area contributed by atoms with Gasteiger partial charge in [0, 0.05) is 6.42 Å². The molecule has 0 radical (unpaired) electrons. The second-order valence-electron chi connectivity index (χ2n) is 3.02. The van der Waals surface area contributed by atoms with Crippen LogP contribution in [0.4, 0.5) is 0 Å². The summed E-state index contributed by atoms with van der Waals surface area (Å²) >= 11 is 3.83. The van der Waals surface area contributed by atoms with Crippen molar-refractivity contribution in [2.24, 2.45) is 5.10 Å². The fourth-order valence-electron chi connectivity index (χ4n) is 0.767. The average Bonchev–Trinajstić information content (AvgIpc) is 2.27. The lowest BCUT2D eigenvalue weighted by Crippen LogP contribution is -2.40. The van der Waals surface area contributed by atoms with Crippen LogP contribution in [-0.2, 0) is 4.79 Å². The number of aliphatic hydroxyl groups is 4. The van der Waals surface area contributed by atoms with E-state index < -0.39 is 24.9 Å². The highest BCUT2D eigenvalue weighted by molar-refractivity contribution is 7.80. The van der Waals surface area contributed by atoms with Gasteiger partial charge in [-0.2, -0.15) is 17.7 Å². The van der Waals surface area contributed by atoms with Gasteiger partial charge in [-0.05, 0) is 5.75 Å². The van der Waals surface area contributed by atoms with Crippen LogP contribution >= 0.6 is 12.6 Å². The molecule has 0 fully saturated rings. The Hall–Kier alpha value is -0.670. The van der Waals surface area contributed by atoms with E-state index in [1.165, 1.54) is 0 Å². The number of amides is 1. The number of hydrazone groups is 1. The minimum atomic E-state index is -1.56. The van der Waals surface area contributed by atoms with Crippen molar-refractivity contribution in [2.75, 3.05) is 12.4 Å². The molecule has 1 amide bonds. The van der Waals surface area contributed by atoms with Crippen LogP contribution in [0.2, 0.25) is 0 Å². The van der Waals surface area contributed by atoms with Crippen LogP contribution in [0.15, 0.2) is 5.10 Å². The van der Waals surface area contributed by atoms with Crippen molar-refractivity contribution in [3.05, 3.63) is 0 Å². The van der Waals surface area contributed by atoms with Crippen molar-refractivity contribution in [2.45, 2.75) is 24.7 Å². The third kappa shape index (κ3) is 6.03. The third-order valence-corrected chi connectivity index (χ3v) is 1.91. The van der Waals surface area contributed by atoms with Crippen LogP contribution in [0, 0.1) is 0 Å². The number of nitrogens with zero attached hydrogens (tertiary/aromatic N) is 1. The lowest BCUT2D eigenvalue weighted by molar-refractivity contribution is -0.120. The molecule has 0 saturated heterocycles. The van der Waals surface area contributed by atoms with E-state index >= 15 is 0 Å². The van der Waals surface area contributed by atoms with Crippen molar-refractivity contribution in [1.82, 2.24) is 5.43 Å². The minimum Gasteiger partial charge on any atom is -0.394 e. The Morgan fingerprint density at radius 3 is 2.56 bits per heavy atom. The molecule has 3 atom stereocenters. The van der Waals surface area contributed by atoms with Crippen molar-refractivity contribution >= 4 is 24.8 Å². The van der Waals surface area contributed by atoms with E-state index in [0.717, 1.165) is 6.21 Å². The van der Waals surface area contributed by atoms with Gasteiger partial charge >= 0.3 is 0 Å². The fourth-order valence-corrected chi connectivity index (χ4v) is 0.970. The Balaban J connectivity index is 3.98. The highest BCUT2D eigenvalue weighted by atomic mass is 32.1. The highest BCUT2D eigenvalue weighted by Crippen LogP contribution is 1.97. The van der Waals surface area contributed by atoms with Crippen LogP contribution in [-0.4, -0.2) is 63.2 Å². The summed E-state index contributed by atoms with van der Waals surface area (Å²) < 4.78 is 0. The number of nitrogens with one attached hydrogen (secondary N) is 1. The van der Waals surface area contributed by atoms with Crippen LogP contribution in [0.1, 0.15) is 6.42 Å². The number of thiol groups is 1. The summed E-state index contributed by atoms with van der Waals surface area (Å²) in [6.45, 7) is -0.682. The molecule has 0 spiro atoms. The Morgan fingerprint density at radius 2 is 2.06 bits per heavy atom. The van der Waals surface area contributed by atoms with Crippen LogP contribution in [0.5, 0.6) is 0 Å². The number of rotatable bonds is 7. The van der Waals surface area contributed by atoms with Gasteiger partial charge in [-0.1, -0.05) is 0 Å². The number of hydrogen-bond donors (Lipinski definition) is 6. The molecule has 0 rings (SSSR count). The minimum absolute atomic E-state index is 0.179. The molecule has 0 aromatic heterocycles. The Morgan fingerprint density at radius 1 is 1.44 bits per heavy atom. The maximum atomic E-state index is 10.9. The molecule has 0 heterocycles. The van der Waals surface area contributed by atoms with Gasteiger partial charge in [0.25, 0.3) is 0 Å². The molecule has 7 nitrogen and oxygen atoms in total. The molecule has 0 aliphatic carbocycles. The number of carbonyl (C=O) groups is 1. The molecule has 0 aliphatic heterocycles. The normalized spacial score (nSPS) is 17.1. The summed E-state index contributed by atoms with van der Waals surface area (Å²) in [7, 11) is 0. The van der Waals surface area contributed by atoms with Gasteiger partial charge < -0.3 is 20.4 Å². The molecule has 0 aromatic carbocycles. The van der Waals surface area contributed by atoms with E-state index in [9.17, 15) is 15.0 Å². The van der Waals surface area contributed by atoms with E-state index in [1.54, 1.807) is 0 Å². The smallest absolute Gasteiger partial charge is 0.240 e. The zero-order valence-electron chi connectivity index (χ0n) is 8.52. The highest BCUT2D eigenvalue weighted by Gasteiger charge is 2.22. The first kappa shape index (κ1) is 15.3. The van der Waals surface area contributed by atoms with Gasteiger partial charge in [0.15, 0.2) is 0 Å². The summed E-state index contributed by atoms with van der Waals surface area (Å²) in [5.74, 6) is -0.00824. The molecular weight excluding hydrogens is 236 g/mol. The molecule has 0 unspecified atom stereocenters. The van der Waals surface area contributed by atoms with Crippen molar-refractivity contribution in [1.29, 1.82) is 0 Å². The Kier molecular flexibility index (Phi) is 8.12. The molecule has 8 heteroatoms. The number of hydrogen-bond acceptors (Lipinski definition) is 7. The third-order valence-electron chi connectivity index (χ3n) is 1.69. The van der Waals surface area contributed by atoms with E-state index in [4.69, 9.17) is 10.2 Å². The predicted octanol–water partition coefficient (Wildman–Crippen LogP) is -2.52. The lowest BCUT2D eigenvalue weighted by Gasteiger charge is -2.17. The molecule has 16 heavy (non-hydrogen) atoms. The molecule has 0 aromatic rings. The Labute approximate surface area is 98.2 Å². The first-order valence-corrected chi connectivity index (χ1v) is 5.24. The van der Waals surface area contributed by atoms with Crippen LogP contribution < -0.4 is 5.43 Å². The summed E-state index contributed by atoms with van der Waals surface area (Å²) in [6, 6.07) is 0. The largest absolute Gasteiger partial charge is 0.394 e. The van der Waals surface area contributed by atoms with Gasteiger partial charge in [0.1, 0.15) is 18.3 Å². The van der Waals surface area contributed by atoms with Crippen molar-refractivity contribution < 1.29 is 25.2 Å². The summed E-state index contributed by atoms with van der Waals surface area (Å²) in [6.07, 6.45) is -3.46. The van der Waals surface area contributed by atoms with Crippen molar-refractivity contribution in [3.63, 3.8) is 0 Å². The second-order valence-corrected chi connectivity index (χ2v) is 3.47. The van der Waals surface area contributed by atoms with Gasteiger partial charge in [0.05, 0.1) is 12.8 Å². The van der Waals surface area contributed by atoms with E-state index in [0.29, 0.717) is 5.75 Å². The molecular formula is C8H16N2O5S. The first-order valence-electron chi connectivity index (χ1n) is 4.60. The monoisotopic (exact) mass is 252 g/mol. The second kappa shape index (κ2) is 8.48. The standard InChI is InChI=1S/C8H16N2O5S/c11-4-6(13)8(15)5(12)3-9-10-7(14)1-2-16/h3,5-6,8,11-13,15-16H,1-2,4H2,(H,10,14)/t5-,6+,8+/m0/s1. The molecule has 0 saturated carbocycles. The maximum absolute atomic E-state index is 10.9. The van der Waals surface area contributed by atoms with Gasteiger partial charge in [-0.3, -0.25) is 4.79 Å². The maximum Gasteiger partial charge on any atom is 0.240 e. The summed E-state index contributed by atoms with van der Waals surface area (Å²) in [4.78, 5) is 10.9. The number of aliphatic hydroxyl groups excluding tert-OH is 4. The topological polar surface area (TPSA) is 122 Å². The fraction of sp³-hybridized carbons (Fsp3) is 0.750.